The van der Waals surface area contributed by atoms with Crippen LogP contribution >= 0.6 is 0 Å². The first kappa shape index (κ1) is 17.0. The van der Waals surface area contributed by atoms with Gasteiger partial charge in [-0.2, -0.15) is 0 Å². The van der Waals surface area contributed by atoms with Gasteiger partial charge in [0.2, 0.25) is 0 Å². The molecular weight excluding hydrogens is 354 g/mol. The number of aryl methyl sites for hydroxylation is 2. The number of nitrogens with one attached hydrogen (secondary N) is 1. The van der Waals surface area contributed by atoms with E-state index in [4.69, 9.17) is 4.98 Å². The number of rotatable bonds is 3. The molecule has 0 bridgehead atoms. The Hall–Kier alpha value is -3.16. The summed E-state index contributed by atoms with van der Waals surface area (Å²) in [4.78, 5) is 31.5. The van der Waals surface area contributed by atoms with Crippen LogP contribution in [0.25, 0.3) is 22.2 Å². The molecule has 144 valence electrons. The first-order valence-corrected chi connectivity index (χ1v) is 9.78. The average Bonchev–Trinajstić information content (AvgIpc) is 3.24. The number of hydrogen-bond donors (Lipinski definition) is 1. The number of para-hydroxylation sites is 2. The molecule has 0 aliphatic carbocycles. The van der Waals surface area contributed by atoms with E-state index < -0.39 is 0 Å². The summed E-state index contributed by atoms with van der Waals surface area (Å²) >= 11 is 0. The first-order chi connectivity index (χ1) is 13.7. The van der Waals surface area contributed by atoms with Gasteiger partial charge in [-0.25, -0.2) is 19.7 Å². The molecule has 28 heavy (non-hydrogen) atoms. The van der Waals surface area contributed by atoms with Crippen LogP contribution in [-0.4, -0.2) is 42.2 Å². The summed E-state index contributed by atoms with van der Waals surface area (Å²) in [5.41, 5.74) is 3.59. The van der Waals surface area contributed by atoms with Crippen LogP contribution < -0.4 is 10.6 Å². The molecule has 1 saturated heterocycles. The number of anilines is 1. The summed E-state index contributed by atoms with van der Waals surface area (Å²) in [6.45, 7) is 3.76. The van der Waals surface area contributed by atoms with Gasteiger partial charge < -0.3 is 14.5 Å². The van der Waals surface area contributed by atoms with Gasteiger partial charge in [0.05, 0.1) is 11.0 Å². The Balaban J connectivity index is 1.44. The monoisotopic (exact) mass is 377 g/mol. The Morgan fingerprint density at radius 2 is 1.96 bits per heavy atom. The number of fused-ring (bicyclic) bond motifs is 2. The van der Waals surface area contributed by atoms with Crippen LogP contribution in [0.1, 0.15) is 31.6 Å². The molecule has 8 heteroatoms. The third-order valence-corrected chi connectivity index (χ3v) is 5.80. The summed E-state index contributed by atoms with van der Waals surface area (Å²) < 4.78 is 3.96. The molecule has 0 saturated carbocycles. The third-order valence-electron chi connectivity index (χ3n) is 5.80. The van der Waals surface area contributed by atoms with E-state index in [0.717, 1.165) is 66.2 Å². The van der Waals surface area contributed by atoms with Crippen molar-refractivity contribution in [2.24, 2.45) is 7.05 Å². The van der Waals surface area contributed by atoms with Gasteiger partial charge in [0.1, 0.15) is 12.2 Å². The van der Waals surface area contributed by atoms with Gasteiger partial charge in [-0.15, -0.1) is 0 Å². The van der Waals surface area contributed by atoms with E-state index in [0.29, 0.717) is 0 Å². The van der Waals surface area contributed by atoms with Crippen molar-refractivity contribution in [3.05, 3.63) is 46.9 Å². The van der Waals surface area contributed by atoms with E-state index in [2.05, 4.69) is 26.8 Å². The van der Waals surface area contributed by atoms with Crippen LogP contribution in [0.4, 0.5) is 5.82 Å². The molecule has 0 unspecified atom stereocenters. The minimum atomic E-state index is -0.0265. The van der Waals surface area contributed by atoms with Crippen molar-refractivity contribution < 1.29 is 0 Å². The highest BCUT2D eigenvalue weighted by atomic mass is 16.1. The number of imidazole rings is 2. The van der Waals surface area contributed by atoms with Crippen LogP contribution in [0.5, 0.6) is 0 Å². The standard InChI is InChI=1S/C20H23N7O/c1-3-16-24-17-18(25(16)2)21-12-22-19(17)26-10-8-13(9-11-26)27-15-7-5-4-6-14(15)23-20(27)28/h4-7,12-13H,3,8-11H2,1-2H3,(H,23,28). The summed E-state index contributed by atoms with van der Waals surface area (Å²) in [6, 6.07) is 8.07. The molecule has 1 aliphatic rings. The van der Waals surface area contributed by atoms with Crippen LogP contribution in [0.15, 0.2) is 35.4 Å². The zero-order chi connectivity index (χ0) is 19.3. The SMILES string of the molecule is CCc1nc2c(N3CCC(n4c(=O)[nH]c5ccccc54)CC3)ncnc2n1C. The molecule has 4 heterocycles. The number of benzene rings is 1. The Kier molecular flexibility index (Phi) is 3.92. The van der Waals surface area contributed by atoms with Gasteiger partial charge in [0, 0.05) is 32.6 Å². The maximum atomic E-state index is 12.5. The molecule has 0 spiro atoms. The van der Waals surface area contributed by atoms with Crippen molar-refractivity contribution in [1.29, 1.82) is 0 Å². The van der Waals surface area contributed by atoms with Gasteiger partial charge >= 0.3 is 5.69 Å². The largest absolute Gasteiger partial charge is 0.355 e. The fourth-order valence-corrected chi connectivity index (χ4v) is 4.35. The highest BCUT2D eigenvalue weighted by Crippen LogP contribution is 2.30. The van der Waals surface area contributed by atoms with E-state index >= 15 is 0 Å². The molecular formula is C20H23N7O. The maximum absolute atomic E-state index is 12.5. The van der Waals surface area contributed by atoms with Crippen molar-refractivity contribution in [3.63, 3.8) is 0 Å². The predicted molar refractivity (Wildman–Crippen MR) is 109 cm³/mol. The Morgan fingerprint density at radius 3 is 2.75 bits per heavy atom. The van der Waals surface area contributed by atoms with Crippen molar-refractivity contribution in [1.82, 2.24) is 29.1 Å². The number of H-pyrrole nitrogens is 1. The topological polar surface area (TPSA) is 84.6 Å². The molecule has 1 N–H and O–H groups in total. The van der Waals surface area contributed by atoms with Crippen molar-refractivity contribution in [2.75, 3.05) is 18.0 Å². The van der Waals surface area contributed by atoms with E-state index in [1.165, 1.54) is 0 Å². The van der Waals surface area contributed by atoms with Crippen LogP contribution in [0.3, 0.4) is 0 Å². The van der Waals surface area contributed by atoms with Crippen molar-refractivity contribution in [2.45, 2.75) is 32.2 Å². The van der Waals surface area contributed by atoms with E-state index in [-0.39, 0.29) is 11.7 Å². The fourth-order valence-electron chi connectivity index (χ4n) is 4.35. The molecule has 0 atom stereocenters. The second-order valence-corrected chi connectivity index (χ2v) is 7.35. The lowest BCUT2D eigenvalue weighted by atomic mass is 10.0. The molecule has 0 amide bonds. The van der Waals surface area contributed by atoms with Crippen molar-refractivity contribution in [3.8, 4) is 0 Å². The molecule has 8 nitrogen and oxygen atoms in total. The second kappa shape index (κ2) is 6.47. The molecule has 0 radical (unpaired) electrons. The minimum absolute atomic E-state index is 0.0265. The summed E-state index contributed by atoms with van der Waals surface area (Å²) in [5.74, 6) is 1.90. The first-order valence-electron chi connectivity index (χ1n) is 9.78. The van der Waals surface area contributed by atoms with Crippen LogP contribution in [0.2, 0.25) is 0 Å². The molecule has 4 aromatic rings. The van der Waals surface area contributed by atoms with E-state index in [1.54, 1.807) is 6.33 Å². The molecule has 1 aliphatic heterocycles. The Labute approximate surface area is 161 Å². The summed E-state index contributed by atoms with van der Waals surface area (Å²) in [6.07, 6.45) is 4.26. The predicted octanol–water partition coefficient (Wildman–Crippen LogP) is 2.41. The van der Waals surface area contributed by atoms with Gasteiger partial charge in [-0.05, 0) is 25.0 Å². The highest BCUT2D eigenvalue weighted by molar-refractivity contribution is 5.84. The van der Waals surface area contributed by atoms with Gasteiger partial charge in [0.25, 0.3) is 0 Å². The third kappa shape index (κ3) is 2.51. The Morgan fingerprint density at radius 1 is 1.18 bits per heavy atom. The normalized spacial score (nSPS) is 15.7. The lowest BCUT2D eigenvalue weighted by Crippen LogP contribution is -2.37. The summed E-state index contributed by atoms with van der Waals surface area (Å²) in [7, 11) is 2.00. The number of aromatic amines is 1. The van der Waals surface area contributed by atoms with Crippen LogP contribution in [0, 0.1) is 0 Å². The van der Waals surface area contributed by atoms with Crippen LogP contribution in [-0.2, 0) is 13.5 Å². The lowest BCUT2D eigenvalue weighted by molar-refractivity contribution is 0.395. The molecule has 1 fully saturated rings. The minimum Gasteiger partial charge on any atom is -0.355 e. The lowest BCUT2D eigenvalue weighted by Gasteiger charge is -2.33. The zero-order valence-electron chi connectivity index (χ0n) is 16.1. The molecule has 3 aromatic heterocycles. The van der Waals surface area contributed by atoms with E-state index in [9.17, 15) is 4.79 Å². The Bertz CT molecular complexity index is 1210. The van der Waals surface area contributed by atoms with Gasteiger partial charge in [0.15, 0.2) is 17.0 Å². The van der Waals surface area contributed by atoms with E-state index in [1.807, 2.05) is 40.4 Å². The average molecular weight is 377 g/mol. The number of piperidine rings is 1. The maximum Gasteiger partial charge on any atom is 0.326 e. The number of hydrogen-bond acceptors (Lipinski definition) is 5. The smallest absolute Gasteiger partial charge is 0.326 e. The molecule has 1 aromatic carbocycles. The second-order valence-electron chi connectivity index (χ2n) is 7.35. The quantitative estimate of drug-likeness (QED) is 0.593. The highest BCUT2D eigenvalue weighted by Gasteiger charge is 2.26. The summed E-state index contributed by atoms with van der Waals surface area (Å²) in [5, 5.41) is 0. The number of nitrogens with zero attached hydrogens (tertiary/aromatic N) is 6. The number of aromatic nitrogens is 6. The van der Waals surface area contributed by atoms with Gasteiger partial charge in [-0.3, -0.25) is 4.57 Å². The zero-order valence-corrected chi connectivity index (χ0v) is 16.1. The van der Waals surface area contributed by atoms with Crippen molar-refractivity contribution >= 4 is 28.0 Å². The fraction of sp³-hybridized carbons (Fsp3) is 0.400. The molecule has 5 rings (SSSR count). The van der Waals surface area contributed by atoms with Gasteiger partial charge in [-0.1, -0.05) is 19.1 Å².